The van der Waals surface area contributed by atoms with Crippen molar-refractivity contribution in [3.8, 4) is 0 Å². The van der Waals surface area contributed by atoms with Crippen molar-refractivity contribution in [3.63, 3.8) is 0 Å². The quantitative estimate of drug-likeness (QED) is 0.591. The molecule has 0 radical (unpaired) electrons. The third-order valence-electron chi connectivity index (χ3n) is 4.20. The molecule has 4 rings (SSSR count). The Morgan fingerprint density at radius 3 is 2.33 bits per heavy atom. The first-order valence-corrected chi connectivity index (χ1v) is 6.36. The van der Waals surface area contributed by atoms with Crippen LogP contribution in [-0.2, 0) is 0 Å². The molecule has 0 amide bonds. The van der Waals surface area contributed by atoms with Crippen LogP contribution in [0.25, 0.3) is 0 Å². The van der Waals surface area contributed by atoms with Gasteiger partial charge in [-0.3, -0.25) is 15.0 Å². The van der Waals surface area contributed by atoms with E-state index in [1.807, 2.05) is 12.1 Å². The summed E-state index contributed by atoms with van der Waals surface area (Å²) in [7, 11) is 2.18. The van der Waals surface area contributed by atoms with Gasteiger partial charge in [-0.25, -0.2) is 0 Å². The minimum absolute atomic E-state index is 0.165. The van der Waals surface area contributed by atoms with Crippen molar-refractivity contribution in [2.45, 2.75) is 24.9 Å². The fourth-order valence-electron chi connectivity index (χ4n) is 3.12. The molecule has 0 N–H and O–H groups in total. The molecule has 3 aliphatic rings. The van der Waals surface area contributed by atoms with Crippen molar-refractivity contribution in [2.24, 2.45) is 0 Å². The van der Waals surface area contributed by atoms with Crippen LogP contribution >= 0.6 is 0 Å². The molecule has 3 aliphatic heterocycles. The van der Waals surface area contributed by atoms with E-state index in [0.29, 0.717) is 12.1 Å². The zero-order valence-corrected chi connectivity index (χ0v) is 10.5. The highest BCUT2D eigenvalue weighted by Crippen LogP contribution is 2.32. The molecular formula is C13H17N3O2. The summed E-state index contributed by atoms with van der Waals surface area (Å²) >= 11 is 0. The zero-order chi connectivity index (χ0) is 12.7. The lowest BCUT2D eigenvalue weighted by Crippen LogP contribution is -2.61. The fourth-order valence-corrected chi connectivity index (χ4v) is 3.12. The van der Waals surface area contributed by atoms with Gasteiger partial charge < -0.3 is 4.90 Å². The number of nitro groups is 1. The summed E-state index contributed by atoms with van der Waals surface area (Å²) in [6.45, 7) is 2.14. The van der Waals surface area contributed by atoms with Gasteiger partial charge in [0, 0.05) is 43.0 Å². The van der Waals surface area contributed by atoms with Crippen LogP contribution in [-0.4, -0.2) is 42.0 Å². The second-order valence-corrected chi connectivity index (χ2v) is 5.25. The zero-order valence-electron chi connectivity index (χ0n) is 10.5. The molecule has 0 aliphatic carbocycles. The van der Waals surface area contributed by atoms with Gasteiger partial charge in [-0.2, -0.15) is 0 Å². The van der Waals surface area contributed by atoms with Crippen molar-refractivity contribution in [2.75, 3.05) is 25.0 Å². The second kappa shape index (κ2) is 4.24. The molecule has 3 saturated heterocycles. The maximum atomic E-state index is 10.6. The van der Waals surface area contributed by atoms with Crippen LogP contribution in [0.4, 0.5) is 11.4 Å². The molecule has 3 heterocycles. The third-order valence-corrected chi connectivity index (χ3v) is 4.20. The average molecular weight is 247 g/mol. The predicted molar refractivity (Wildman–Crippen MR) is 69.9 cm³/mol. The van der Waals surface area contributed by atoms with Gasteiger partial charge in [-0.1, -0.05) is 0 Å². The summed E-state index contributed by atoms with van der Waals surface area (Å²) in [5.74, 6) is 0. The molecule has 5 heteroatoms. The number of piperidine rings is 2. The van der Waals surface area contributed by atoms with Crippen LogP contribution in [0.1, 0.15) is 12.8 Å². The molecule has 1 aromatic rings. The number of benzene rings is 1. The van der Waals surface area contributed by atoms with E-state index in [1.54, 1.807) is 12.1 Å². The highest BCUT2D eigenvalue weighted by Gasteiger charge is 2.37. The minimum Gasteiger partial charge on any atom is -0.366 e. The molecule has 2 bridgehead atoms. The van der Waals surface area contributed by atoms with E-state index >= 15 is 0 Å². The van der Waals surface area contributed by atoms with E-state index in [4.69, 9.17) is 0 Å². The minimum atomic E-state index is -0.347. The van der Waals surface area contributed by atoms with Gasteiger partial charge in [0.15, 0.2) is 0 Å². The molecule has 1 aromatic carbocycles. The maximum Gasteiger partial charge on any atom is 0.269 e. The molecule has 18 heavy (non-hydrogen) atoms. The molecule has 2 unspecified atom stereocenters. The number of piperazine rings is 1. The monoisotopic (exact) mass is 247 g/mol. The van der Waals surface area contributed by atoms with Crippen LogP contribution in [0.2, 0.25) is 0 Å². The maximum absolute atomic E-state index is 10.6. The Kier molecular flexibility index (Phi) is 2.70. The number of hydrogen-bond donors (Lipinski definition) is 0. The van der Waals surface area contributed by atoms with Crippen molar-refractivity contribution < 1.29 is 4.92 Å². The van der Waals surface area contributed by atoms with Gasteiger partial charge in [0.25, 0.3) is 5.69 Å². The van der Waals surface area contributed by atoms with Crippen molar-refractivity contribution >= 4 is 11.4 Å². The van der Waals surface area contributed by atoms with Crippen LogP contribution < -0.4 is 4.90 Å². The number of hydrogen-bond acceptors (Lipinski definition) is 4. The number of likely N-dealkylation sites (N-methyl/N-ethyl adjacent to an activating group) is 1. The molecule has 2 atom stereocenters. The fraction of sp³-hybridized carbons (Fsp3) is 0.538. The highest BCUT2D eigenvalue weighted by molar-refractivity contribution is 5.52. The number of fused-ring (bicyclic) bond motifs is 3. The Balaban J connectivity index is 1.81. The van der Waals surface area contributed by atoms with Crippen LogP contribution in [0.5, 0.6) is 0 Å². The summed E-state index contributed by atoms with van der Waals surface area (Å²) in [5, 5.41) is 10.6. The summed E-state index contributed by atoms with van der Waals surface area (Å²) < 4.78 is 0. The van der Waals surface area contributed by atoms with E-state index in [1.165, 1.54) is 12.8 Å². The van der Waals surface area contributed by atoms with Crippen molar-refractivity contribution in [3.05, 3.63) is 34.4 Å². The molecule has 0 spiro atoms. The largest absolute Gasteiger partial charge is 0.366 e. The lowest BCUT2D eigenvalue weighted by molar-refractivity contribution is -0.384. The normalized spacial score (nSPS) is 27.5. The Hall–Kier alpha value is -1.62. The van der Waals surface area contributed by atoms with Gasteiger partial charge in [-0.15, -0.1) is 0 Å². The second-order valence-electron chi connectivity index (χ2n) is 5.25. The SMILES string of the molecule is CN1CC2CCC1CN2c1ccc([N+](=O)[O-])cc1. The third kappa shape index (κ3) is 1.84. The van der Waals surface area contributed by atoms with E-state index in [-0.39, 0.29) is 10.6 Å². The Bertz CT molecular complexity index is 460. The first-order valence-electron chi connectivity index (χ1n) is 6.36. The standard InChI is InChI=1S/C13H17N3O2/c1-14-8-13-7-6-12(14)9-15(13)10-2-4-11(5-3-10)16(17)18/h2-5,12-13H,6-9H2,1H3. The van der Waals surface area contributed by atoms with Gasteiger partial charge >= 0.3 is 0 Å². The number of rotatable bonds is 2. The summed E-state index contributed by atoms with van der Waals surface area (Å²) in [4.78, 5) is 15.1. The molecule has 3 fully saturated rings. The van der Waals surface area contributed by atoms with E-state index in [9.17, 15) is 10.1 Å². The van der Waals surface area contributed by atoms with Crippen LogP contribution in [0.3, 0.4) is 0 Å². The molecule has 96 valence electrons. The summed E-state index contributed by atoms with van der Waals surface area (Å²) in [6, 6.07) is 8.13. The molecule has 0 aromatic heterocycles. The molecule has 0 saturated carbocycles. The first-order chi connectivity index (χ1) is 8.65. The number of nitro benzene ring substituents is 1. The Labute approximate surface area is 106 Å². The Morgan fingerprint density at radius 1 is 1.17 bits per heavy atom. The van der Waals surface area contributed by atoms with Crippen LogP contribution in [0, 0.1) is 10.1 Å². The summed E-state index contributed by atoms with van der Waals surface area (Å²) in [5.41, 5.74) is 1.28. The van der Waals surface area contributed by atoms with Crippen LogP contribution in [0.15, 0.2) is 24.3 Å². The lowest BCUT2D eigenvalue weighted by atomic mass is 9.91. The first kappa shape index (κ1) is 11.5. The smallest absolute Gasteiger partial charge is 0.269 e. The lowest BCUT2D eigenvalue weighted by Gasteiger charge is -2.51. The topological polar surface area (TPSA) is 49.6 Å². The van der Waals surface area contributed by atoms with Gasteiger partial charge in [-0.05, 0) is 32.0 Å². The predicted octanol–water partition coefficient (Wildman–Crippen LogP) is 1.88. The molecule has 5 nitrogen and oxygen atoms in total. The van der Waals surface area contributed by atoms with E-state index in [2.05, 4.69) is 16.8 Å². The van der Waals surface area contributed by atoms with Gasteiger partial charge in [0.1, 0.15) is 0 Å². The van der Waals surface area contributed by atoms with Crippen molar-refractivity contribution in [1.29, 1.82) is 0 Å². The Morgan fingerprint density at radius 2 is 1.83 bits per heavy atom. The van der Waals surface area contributed by atoms with Crippen molar-refractivity contribution in [1.82, 2.24) is 4.90 Å². The van der Waals surface area contributed by atoms with Gasteiger partial charge in [0.05, 0.1) is 4.92 Å². The van der Waals surface area contributed by atoms with E-state index < -0.39 is 0 Å². The van der Waals surface area contributed by atoms with E-state index in [0.717, 1.165) is 18.8 Å². The number of anilines is 1. The number of nitrogens with zero attached hydrogens (tertiary/aromatic N) is 3. The van der Waals surface area contributed by atoms with Gasteiger partial charge in [0.2, 0.25) is 0 Å². The molecular weight excluding hydrogens is 230 g/mol. The summed E-state index contributed by atoms with van der Waals surface area (Å²) in [6.07, 6.45) is 2.50. The highest BCUT2D eigenvalue weighted by atomic mass is 16.6. The number of non-ortho nitro benzene ring substituents is 1. The average Bonchev–Trinajstić information content (AvgIpc) is 2.39.